The van der Waals surface area contributed by atoms with Crippen LogP contribution in [0.3, 0.4) is 0 Å². The molecule has 0 spiro atoms. The molecule has 19 heavy (non-hydrogen) atoms. The maximum Gasteiger partial charge on any atom is 0.320 e. The van der Waals surface area contributed by atoms with Gasteiger partial charge in [-0.2, -0.15) is 0 Å². The summed E-state index contributed by atoms with van der Waals surface area (Å²) in [5.74, 6) is -0.148. The highest BCUT2D eigenvalue weighted by Crippen LogP contribution is 2.20. The van der Waals surface area contributed by atoms with Crippen LogP contribution in [0, 0.1) is 0 Å². The van der Waals surface area contributed by atoms with Crippen molar-refractivity contribution >= 4 is 17.6 Å². The van der Waals surface area contributed by atoms with Crippen LogP contribution in [0.4, 0.5) is 10.5 Å². The molecule has 1 aromatic rings. The van der Waals surface area contributed by atoms with Gasteiger partial charge in [0.1, 0.15) is 6.54 Å². The molecule has 5 nitrogen and oxygen atoms in total. The number of amides is 3. The second-order valence-electron chi connectivity index (χ2n) is 4.52. The van der Waals surface area contributed by atoms with Gasteiger partial charge in [0, 0.05) is 18.8 Å². The average Bonchev–Trinajstić information content (AvgIpc) is 2.57. The molecule has 0 bridgehead atoms. The van der Waals surface area contributed by atoms with Crippen molar-refractivity contribution in [3.05, 3.63) is 29.8 Å². The molecule has 0 fully saturated rings. The molecule has 3 amide bonds. The Morgan fingerprint density at radius 1 is 1.26 bits per heavy atom. The van der Waals surface area contributed by atoms with Crippen molar-refractivity contribution in [1.82, 2.24) is 9.80 Å². The number of hydrogen-bond donors (Lipinski definition) is 1. The number of nitrogens with zero attached hydrogens (tertiary/aromatic N) is 2. The largest absolute Gasteiger partial charge is 0.325 e. The number of rotatable bonds is 2. The number of carbonyl (C=O) groups is 2. The van der Waals surface area contributed by atoms with Gasteiger partial charge in [0.15, 0.2) is 0 Å². The SMILES string of the molecule is CCN(CC)C(=O)N1CC(=O)Nc2ccccc2C1. The molecule has 1 aliphatic rings. The van der Waals surface area contributed by atoms with E-state index in [-0.39, 0.29) is 18.5 Å². The maximum absolute atomic E-state index is 12.3. The first kappa shape index (κ1) is 13.4. The molecular formula is C14H19N3O2. The molecule has 5 heteroatoms. The molecule has 0 aromatic heterocycles. The van der Waals surface area contributed by atoms with E-state index in [4.69, 9.17) is 0 Å². The zero-order valence-corrected chi connectivity index (χ0v) is 11.3. The molecule has 0 atom stereocenters. The first-order valence-corrected chi connectivity index (χ1v) is 6.57. The highest BCUT2D eigenvalue weighted by molar-refractivity contribution is 5.96. The third-order valence-corrected chi connectivity index (χ3v) is 3.29. The lowest BCUT2D eigenvalue weighted by molar-refractivity contribution is -0.116. The van der Waals surface area contributed by atoms with E-state index < -0.39 is 0 Å². The van der Waals surface area contributed by atoms with Crippen LogP contribution in [0.25, 0.3) is 0 Å². The van der Waals surface area contributed by atoms with Crippen molar-refractivity contribution in [3.8, 4) is 0 Å². The summed E-state index contributed by atoms with van der Waals surface area (Å²) in [6.45, 7) is 5.74. The number of urea groups is 1. The summed E-state index contributed by atoms with van der Waals surface area (Å²) in [6.07, 6.45) is 0. The molecule has 102 valence electrons. The first-order chi connectivity index (χ1) is 9.15. The first-order valence-electron chi connectivity index (χ1n) is 6.57. The summed E-state index contributed by atoms with van der Waals surface area (Å²) in [6, 6.07) is 7.50. The Balaban J connectivity index is 2.24. The second-order valence-corrected chi connectivity index (χ2v) is 4.52. The fourth-order valence-electron chi connectivity index (χ4n) is 2.23. The van der Waals surface area contributed by atoms with E-state index in [0.717, 1.165) is 11.3 Å². The van der Waals surface area contributed by atoms with E-state index >= 15 is 0 Å². The summed E-state index contributed by atoms with van der Waals surface area (Å²) in [7, 11) is 0. The van der Waals surface area contributed by atoms with Gasteiger partial charge in [-0.3, -0.25) is 4.79 Å². The Morgan fingerprint density at radius 2 is 1.95 bits per heavy atom. The molecule has 2 rings (SSSR count). The summed E-state index contributed by atoms with van der Waals surface area (Å²) in [4.78, 5) is 27.5. The lowest BCUT2D eigenvalue weighted by Gasteiger charge is -2.27. The van der Waals surface area contributed by atoms with Crippen LogP contribution in [-0.4, -0.2) is 41.4 Å². The second kappa shape index (κ2) is 5.73. The van der Waals surface area contributed by atoms with Gasteiger partial charge in [-0.05, 0) is 25.5 Å². The van der Waals surface area contributed by atoms with E-state index in [1.807, 2.05) is 38.1 Å². The molecule has 1 aliphatic heterocycles. The van der Waals surface area contributed by atoms with Crippen molar-refractivity contribution in [1.29, 1.82) is 0 Å². The van der Waals surface area contributed by atoms with E-state index in [0.29, 0.717) is 19.6 Å². The Morgan fingerprint density at radius 3 is 2.63 bits per heavy atom. The third kappa shape index (κ3) is 2.86. The highest BCUT2D eigenvalue weighted by atomic mass is 16.2. The molecule has 0 saturated carbocycles. The Kier molecular flexibility index (Phi) is 4.04. The maximum atomic E-state index is 12.3. The number of anilines is 1. The molecule has 1 N–H and O–H groups in total. The fraction of sp³-hybridized carbons (Fsp3) is 0.429. The van der Waals surface area contributed by atoms with Crippen LogP contribution in [0.1, 0.15) is 19.4 Å². The van der Waals surface area contributed by atoms with Gasteiger partial charge in [-0.25, -0.2) is 4.79 Å². The number of benzene rings is 1. The van der Waals surface area contributed by atoms with E-state index in [9.17, 15) is 9.59 Å². The van der Waals surface area contributed by atoms with Gasteiger partial charge >= 0.3 is 6.03 Å². The summed E-state index contributed by atoms with van der Waals surface area (Å²) in [5, 5.41) is 2.83. The molecular weight excluding hydrogens is 242 g/mol. The predicted molar refractivity (Wildman–Crippen MR) is 73.8 cm³/mol. The predicted octanol–water partition coefficient (Wildman–Crippen LogP) is 1.90. The van der Waals surface area contributed by atoms with Crippen LogP contribution >= 0.6 is 0 Å². The molecule has 1 aromatic carbocycles. The van der Waals surface area contributed by atoms with Crippen molar-refractivity contribution < 1.29 is 9.59 Å². The summed E-state index contributed by atoms with van der Waals surface area (Å²) < 4.78 is 0. The quantitative estimate of drug-likeness (QED) is 0.884. The van der Waals surface area contributed by atoms with Crippen molar-refractivity contribution in [2.75, 3.05) is 25.0 Å². The number of carbonyl (C=O) groups excluding carboxylic acids is 2. The zero-order chi connectivity index (χ0) is 13.8. The Bertz CT molecular complexity index is 483. The topological polar surface area (TPSA) is 52.7 Å². The minimum absolute atomic E-state index is 0.0862. The Hall–Kier alpha value is -2.04. The zero-order valence-electron chi connectivity index (χ0n) is 11.3. The molecule has 1 heterocycles. The standard InChI is InChI=1S/C14H19N3O2/c1-3-16(4-2)14(19)17-9-11-7-5-6-8-12(11)15-13(18)10-17/h5-8H,3-4,9-10H2,1-2H3,(H,15,18). The monoisotopic (exact) mass is 261 g/mol. The van der Waals surface area contributed by atoms with Gasteiger partial charge in [-0.15, -0.1) is 0 Å². The van der Waals surface area contributed by atoms with Gasteiger partial charge in [0.25, 0.3) is 0 Å². The lowest BCUT2D eigenvalue weighted by atomic mass is 10.2. The van der Waals surface area contributed by atoms with Crippen molar-refractivity contribution in [2.45, 2.75) is 20.4 Å². The smallest absolute Gasteiger partial charge is 0.320 e. The molecule has 0 saturated heterocycles. The number of para-hydroxylation sites is 1. The number of fused-ring (bicyclic) bond motifs is 1. The minimum Gasteiger partial charge on any atom is -0.325 e. The van der Waals surface area contributed by atoms with E-state index in [2.05, 4.69) is 5.32 Å². The van der Waals surface area contributed by atoms with Crippen LogP contribution in [0.5, 0.6) is 0 Å². The highest BCUT2D eigenvalue weighted by Gasteiger charge is 2.25. The van der Waals surface area contributed by atoms with Crippen LogP contribution in [-0.2, 0) is 11.3 Å². The summed E-state index contributed by atoms with van der Waals surface area (Å²) >= 11 is 0. The minimum atomic E-state index is -0.148. The molecule has 0 unspecified atom stereocenters. The number of nitrogens with one attached hydrogen (secondary N) is 1. The fourth-order valence-corrected chi connectivity index (χ4v) is 2.23. The molecule has 0 radical (unpaired) electrons. The number of hydrogen-bond acceptors (Lipinski definition) is 2. The van der Waals surface area contributed by atoms with Crippen molar-refractivity contribution in [2.24, 2.45) is 0 Å². The van der Waals surface area contributed by atoms with E-state index in [1.165, 1.54) is 0 Å². The van der Waals surface area contributed by atoms with Crippen LogP contribution in [0.2, 0.25) is 0 Å². The molecule has 0 aliphatic carbocycles. The van der Waals surface area contributed by atoms with Crippen molar-refractivity contribution in [3.63, 3.8) is 0 Å². The van der Waals surface area contributed by atoms with Gasteiger partial charge in [0.05, 0.1) is 6.54 Å². The van der Waals surface area contributed by atoms with Crippen LogP contribution < -0.4 is 5.32 Å². The van der Waals surface area contributed by atoms with Gasteiger partial charge in [-0.1, -0.05) is 18.2 Å². The normalized spacial score (nSPS) is 14.4. The van der Waals surface area contributed by atoms with E-state index in [1.54, 1.807) is 9.80 Å². The average molecular weight is 261 g/mol. The lowest BCUT2D eigenvalue weighted by Crippen LogP contribution is -2.44. The van der Waals surface area contributed by atoms with Gasteiger partial charge in [0.2, 0.25) is 5.91 Å². The Labute approximate surface area is 113 Å². The third-order valence-electron chi connectivity index (χ3n) is 3.29. The van der Waals surface area contributed by atoms with Crippen LogP contribution in [0.15, 0.2) is 24.3 Å². The van der Waals surface area contributed by atoms with Gasteiger partial charge < -0.3 is 15.1 Å². The summed E-state index contributed by atoms with van der Waals surface area (Å²) in [5.41, 5.74) is 1.76.